The van der Waals surface area contributed by atoms with Gasteiger partial charge in [0.1, 0.15) is 29.7 Å². The molecule has 0 fully saturated rings. The highest BCUT2D eigenvalue weighted by Gasteiger charge is 2.07. The molecule has 0 amide bonds. The van der Waals surface area contributed by atoms with Crippen LogP contribution in [0.1, 0.15) is 5.56 Å². The van der Waals surface area contributed by atoms with Crippen molar-refractivity contribution in [1.82, 2.24) is 0 Å². The van der Waals surface area contributed by atoms with Gasteiger partial charge in [-0.15, -0.1) is 0 Å². The predicted molar refractivity (Wildman–Crippen MR) is 84.8 cm³/mol. The molecule has 0 aliphatic heterocycles. The molecule has 2 N–H and O–H groups in total. The fourth-order valence-corrected chi connectivity index (χ4v) is 1.98. The van der Waals surface area contributed by atoms with E-state index in [4.69, 9.17) is 39.0 Å². The zero-order valence-electron chi connectivity index (χ0n) is 10.7. The van der Waals surface area contributed by atoms with Crippen molar-refractivity contribution < 1.29 is 9.47 Å². The van der Waals surface area contributed by atoms with Gasteiger partial charge in [-0.3, -0.25) is 0 Å². The Bertz CT molecular complexity index is 590. The molecule has 20 heavy (non-hydrogen) atoms. The number of halogens is 1. The molecule has 2 rings (SSSR count). The first-order valence-electron chi connectivity index (χ1n) is 6.07. The first kappa shape index (κ1) is 14.6. The van der Waals surface area contributed by atoms with Crippen LogP contribution in [0.25, 0.3) is 0 Å². The normalized spacial score (nSPS) is 10.1. The molecule has 2 aromatic rings. The van der Waals surface area contributed by atoms with Gasteiger partial charge in [-0.1, -0.05) is 42.0 Å². The molecule has 0 saturated heterocycles. The van der Waals surface area contributed by atoms with E-state index in [0.29, 0.717) is 29.5 Å². The Labute approximate surface area is 128 Å². The van der Waals surface area contributed by atoms with Gasteiger partial charge >= 0.3 is 0 Å². The third kappa shape index (κ3) is 4.11. The number of hydrogen-bond donors (Lipinski definition) is 1. The minimum atomic E-state index is 0.278. The van der Waals surface area contributed by atoms with Crippen molar-refractivity contribution in [3.63, 3.8) is 0 Å². The lowest BCUT2D eigenvalue weighted by atomic mass is 10.2. The fraction of sp³-hybridized carbons (Fsp3) is 0.133. The van der Waals surface area contributed by atoms with Gasteiger partial charge < -0.3 is 15.2 Å². The minimum Gasteiger partial charge on any atom is -0.490 e. The summed E-state index contributed by atoms with van der Waals surface area (Å²) in [6.07, 6.45) is 0. The Morgan fingerprint density at radius 2 is 1.75 bits per heavy atom. The highest BCUT2D eigenvalue weighted by molar-refractivity contribution is 7.80. The summed E-state index contributed by atoms with van der Waals surface area (Å²) in [4.78, 5) is 0.278. The first-order valence-corrected chi connectivity index (χ1v) is 6.85. The molecule has 0 spiro atoms. The predicted octanol–water partition coefficient (Wildman–Crippen LogP) is 3.43. The summed E-state index contributed by atoms with van der Waals surface area (Å²) in [5.41, 5.74) is 6.31. The van der Waals surface area contributed by atoms with E-state index in [9.17, 15) is 0 Å². The van der Waals surface area contributed by atoms with Gasteiger partial charge in [0.15, 0.2) is 0 Å². The van der Waals surface area contributed by atoms with E-state index >= 15 is 0 Å². The Balaban J connectivity index is 1.91. The van der Waals surface area contributed by atoms with Gasteiger partial charge in [0.2, 0.25) is 0 Å². The van der Waals surface area contributed by atoms with Crippen LogP contribution in [0, 0.1) is 0 Å². The van der Waals surface area contributed by atoms with E-state index in [-0.39, 0.29) is 4.99 Å². The molecule has 0 atom stereocenters. The van der Waals surface area contributed by atoms with Crippen LogP contribution in [0.2, 0.25) is 5.02 Å². The number of rotatable bonds is 6. The molecule has 0 saturated carbocycles. The van der Waals surface area contributed by atoms with Crippen LogP contribution >= 0.6 is 23.8 Å². The third-order valence-electron chi connectivity index (χ3n) is 2.56. The number of hydrogen-bond acceptors (Lipinski definition) is 3. The molecular formula is C15H14ClNO2S. The van der Waals surface area contributed by atoms with Crippen LogP contribution in [-0.4, -0.2) is 18.2 Å². The monoisotopic (exact) mass is 307 g/mol. The van der Waals surface area contributed by atoms with Crippen molar-refractivity contribution in [1.29, 1.82) is 0 Å². The quantitative estimate of drug-likeness (QED) is 0.656. The van der Waals surface area contributed by atoms with Gasteiger partial charge in [0.05, 0.1) is 5.56 Å². The third-order valence-corrected chi connectivity index (χ3v) is 3.02. The van der Waals surface area contributed by atoms with Crippen LogP contribution in [-0.2, 0) is 0 Å². The zero-order valence-corrected chi connectivity index (χ0v) is 12.3. The van der Waals surface area contributed by atoms with Crippen LogP contribution < -0.4 is 15.2 Å². The van der Waals surface area contributed by atoms with E-state index in [2.05, 4.69) is 0 Å². The Hall–Kier alpha value is -1.78. The maximum atomic E-state index is 5.93. The van der Waals surface area contributed by atoms with Crippen LogP contribution in [0.15, 0.2) is 48.5 Å². The van der Waals surface area contributed by atoms with Gasteiger partial charge in [-0.25, -0.2) is 0 Å². The molecule has 0 bridgehead atoms. The smallest absolute Gasteiger partial charge is 0.131 e. The summed E-state index contributed by atoms with van der Waals surface area (Å²) in [7, 11) is 0. The fourth-order valence-electron chi connectivity index (χ4n) is 1.65. The van der Waals surface area contributed by atoms with Gasteiger partial charge in [0.25, 0.3) is 0 Å². The van der Waals surface area contributed by atoms with E-state index < -0.39 is 0 Å². The van der Waals surface area contributed by atoms with Crippen molar-refractivity contribution in [3.05, 3.63) is 59.1 Å². The Kier molecular flexibility index (Phi) is 5.21. The van der Waals surface area contributed by atoms with Gasteiger partial charge in [0, 0.05) is 5.02 Å². The summed E-state index contributed by atoms with van der Waals surface area (Å²) < 4.78 is 11.2. The maximum Gasteiger partial charge on any atom is 0.131 e. The molecule has 0 unspecified atom stereocenters. The summed E-state index contributed by atoms with van der Waals surface area (Å²) >= 11 is 10.9. The molecule has 2 aromatic carbocycles. The van der Waals surface area contributed by atoms with Crippen LogP contribution in [0.4, 0.5) is 0 Å². The number of benzene rings is 2. The minimum absolute atomic E-state index is 0.278. The van der Waals surface area contributed by atoms with E-state index in [1.807, 2.05) is 30.3 Å². The molecule has 5 heteroatoms. The number of ether oxygens (including phenoxy) is 2. The largest absolute Gasteiger partial charge is 0.490 e. The van der Waals surface area contributed by atoms with Crippen molar-refractivity contribution >= 4 is 28.8 Å². The zero-order chi connectivity index (χ0) is 14.4. The Morgan fingerprint density at radius 3 is 2.45 bits per heavy atom. The van der Waals surface area contributed by atoms with Crippen LogP contribution in [0.5, 0.6) is 11.5 Å². The average molecular weight is 308 g/mol. The summed E-state index contributed by atoms with van der Waals surface area (Å²) in [5.74, 6) is 1.37. The van der Waals surface area contributed by atoms with Crippen LogP contribution in [0.3, 0.4) is 0 Å². The highest BCUT2D eigenvalue weighted by atomic mass is 35.5. The lowest BCUT2D eigenvalue weighted by Crippen LogP contribution is -2.14. The van der Waals surface area contributed by atoms with Gasteiger partial charge in [-0.2, -0.15) is 0 Å². The molecule has 104 valence electrons. The van der Waals surface area contributed by atoms with E-state index in [0.717, 1.165) is 5.75 Å². The van der Waals surface area contributed by atoms with Crippen molar-refractivity contribution in [2.75, 3.05) is 13.2 Å². The SMILES string of the molecule is NC(=S)c1ccc(Cl)cc1OCCOc1ccccc1. The van der Waals surface area contributed by atoms with Crippen molar-refractivity contribution in [2.24, 2.45) is 5.73 Å². The maximum absolute atomic E-state index is 5.93. The molecule has 0 aromatic heterocycles. The van der Waals surface area contributed by atoms with Crippen molar-refractivity contribution in [3.8, 4) is 11.5 Å². The summed E-state index contributed by atoms with van der Waals surface area (Å²) in [6.45, 7) is 0.804. The second kappa shape index (κ2) is 7.12. The number of para-hydroxylation sites is 1. The molecule has 0 aliphatic rings. The second-order valence-electron chi connectivity index (χ2n) is 4.01. The molecule has 0 radical (unpaired) electrons. The van der Waals surface area contributed by atoms with E-state index in [1.54, 1.807) is 18.2 Å². The summed E-state index contributed by atoms with van der Waals surface area (Å²) in [5, 5.41) is 0.573. The molecule has 0 heterocycles. The Morgan fingerprint density at radius 1 is 1.05 bits per heavy atom. The number of nitrogens with two attached hydrogens (primary N) is 1. The second-order valence-corrected chi connectivity index (χ2v) is 4.89. The molecular weight excluding hydrogens is 294 g/mol. The summed E-state index contributed by atoms with van der Waals surface area (Å²) in [6, 6.07) is 14.7. The highest BCUT2D eigenvalue weighted by Crippen LogP contribution is 2.23. The van der Waals surface area contributed by atoms with E-state index in [1.165, 1.54) is 0 Å². The number of thiocarbonyl (C=S) groups is 1. The average Bonchev–Trinajstić information content (AvgIpc) is 2.44. The topological polar surface area (TPSA) is 44.5 Å². The molecule has 0 aliphatic carbocycles. The van der Waals surface area contributed by atoms with Crippen molar-refractivity contribution in [2.45, 2.75) is 0 Å². The molecule has 3 nitrogen and oxygen atoms in total. The standard InChI is InChI=1S/C15H14ClNO2S/c16-11-6-7-13(15(17)20)14(10-11)19-9-8-18-12-4-2-1-3-5-12/h1-7,10H,8-9H2,(H2,17,20). The lowest BCUT2D eigenvalue weighted by molar-refractivity contribution is 0.217. The lowest BCUT2D eigenvalue weighted by Gasteiger charge is -2.11. The van der Waals surface area contributed by atoms with Gasteiger partial charge in [-0.05, 0) is 30.3 Å². The first-order chi connectivity index (χ1) is 9.66.